The number of carboxylic acid groups (broad SMARTS) is 1. The summed E-state index contributed by atoms with van der Waals surface area (Å²) in [4.78, 5) is 23.5. The molecule has 1 aliphatic rings. The maximum absolute atomic E-state index is 11.5. The van der Waals surface area contributed by atoms with E-state index in [1.54, 1.807) is 0 Å². The highest BCUT2D eigenvalue weighted by molar-refractivity contribution is 5.86. The van der Waals surface area contributed by atoms with Crippen LogP contribution in [0.2, 0.25) is 0 Å². The van der Waals surface area contributed by atoms with Gasteiger partial charge in [-0.3, -0.25) is 9.59 Å². The fourth-order valence-electron chi connectivity index (χ4n) is 1.68. The van der Waals surface area contributed by atoms with Crippen LogP contribution in [0.1, 0.15) is 6.42 Å². The number of hydrogen-bond donors (Lipinski definition) is 2. The number of carboxylic acids is 1. The quantitative estimate of drug-likeness (QED) is 0.612. The van der Waals surface area contributed by atoms with Gasteiger partial charge < -0.3 is 19.8 Å². The molecule has 1 fully saturated rings. The Bertz CT molecular complexity index is 255. The fraction of sp³-hybridized carbons (Fsp3) is 0.778. The molecular weight excluding hydrogens is 202 g/mol. The maximum atomic E-state index is 11.5. The monoisotopic (exact) mass is 217 g/mol. The molecule has 6 nitrogen and oxygen atoms in total. The van der Waals surface area contributed by atoms with Crippen molar-refractivity contribution in [3.05, 3.63) is 0 Å². The molecule has 2 atom stereocenters. The van der Waals surface area contributed by atoms with E-state index in [2.05, 4.69) is 0 Å². The van der Waals surface area contributed by atoms with Crippen LogP contribution in [0.5, 0.6) is 0 Å². The van der Waals surface area contributed by atoms with Gasteiger partial charge in [0.15, 0.2) is 0 Å². The Morgan fingerprint density at radius 3 is 2.80 bits per heavy atom. The third-order valence-electron chi connectivity index (χ3n) is 2.52. The minimum atomic E-state index is -0.972. The van der Waals surface area contributed by atoms with Crippen molar-refractivity contribution in [2.75, 3.05) is 26.9 Å². The number of carbonyl (C=O) groups is 2. The summed E-state index contributed by atoms with van der Waals surface area (Å²) in [5.41, 5.74) is 0. The highest BCUT2D eigenvalue weighted by atomic mass is 16.5. The van der Waals surface area contributed by atoms with Crippen LogP contribution in [-0.4, -0.2) is 59.9 Å². The normalized spacial score (nSPS) is 23.2. The second kappa shape index (κ2) is 5.09. The van der Waals surface area contributed by atoms with Gasteiger partial charge in [-0.25, -0.2) is 0 Å². The van der Waals surface area contributed by atoms with Gasteiger partial charge in [-0.1, -0.05) is 0 Å². The lowest BCUT2D eigenvalue weighted by Crippen LogP contribution is -2.42. The Labute approximate surface area is 87.4 Å². The molecule has 2 N–H and O–H groups in total. The molecule has 0 spiro atoms. The molecule has 15 heavy (non-hydrogen) atoms. The number of nitrogens with zero attached hydrogens (tertiary/aromatic N) is 1. The molecule has 0 aromatic rings. The minimum Gasteiger partial charge on any atom is -0.481 e. The molecule has 86 valence electrons. The third kappa shape index (κ3) is 2.66. The summed E-state index contributed by atoms with van der Waals surface area (Å²) in [6.07, 6.45) is 0.00947. The van der Waals surface area contributed by atoms with Crippen LogP contribution >= 0.6 is 0 Å². The number of carbonyl (C=O) groups excluding carboxylic acids is 1. The minimum absolute atomic E-state index is 0.00947. The van der Waals surface area contributed by atoms with Crippen molar-refractivity contribution in [2.24, 2.45) is 5.92 Å². The van der Waals surface area contributed by atoms with Crippen LogP contribution in [0.3, 0.4) is 0 Å². The fourth-order valence-corrected chi connectivity index (χ4v) is 1.68. The van der Waals surface area contributed by atoms with Gasteiger partial charge >= 0.3 is 5.97 Å². The first-order chi connectivity index (χ1) is 7.10. The topological polar surface area (TPSA) is 87.1 Å². The van der Waals surface area contributed by atoms with Gasteiger partial charge in [0.25, 0.3) is 0 Å². The number of likely N-dealkylation sites (tertiary alicyclic amines) is 1. The predicted molar refractivity (Wildman–Crippen MR) is 50.2 cm³/mol. The van der Waals surface area contributed by atoms with Crippen LogP contribution in [0.4, 0.5) is 0 Å². The zero-order valence-corrected chi connectivity index (χ0v) is 8.55. The smallest absolute Gasteiger partial charge is 0.308 e. The van der Waals surface area contributed by atoms with Crippen LogP contribution in [0.25, 0.3) is 0 Å². The molecule has 0 aromatic heterocycles. The first-order valence-electron chi connectivity index (χ1n) is 4.72. The number of ether oxygens (including phenoxy) is 1. The van der Waals surface area contributed by atoms with Crippen LogP contribution in [0, 0.1) is 5.92 Å². The van der Waals surface area contributed by atoms with E-state index >= 15 is 0 Å². The van der Waals surface area contributed by atoms with Gasteiger partial charge in [0.2, 0.25) is 5.91 Å². The lowest BCUT2D eigenvalue weighted by Gasteiger charge is -2.25. The zero-order chi connectivity index (χ0) is 11.4. The van der Waals surface area contributed by atoms with Crippen molar-refractivity contribution < 1.29 is 24.5 Å². The summed E-state index contributed by atoms with van der Waals surface area (Å²) in [5.74, 6) is -1.87. The predicted octanol–water partition coefficient (Wildman–Crippen LogP) is -1.07. The Balaban J connectivity index is 2.62. The van der Waals surface area contributed by atoms with E-state index in [1.807, 2.05) is 0 Å². The van der Waals surface area contributed by atoms with Crippen molar-refractivity contribution in [3.8, 4) is 0 Å². The Morgan fingerprint density at radius 2 is 2.40 bits per heavy atom. The van der Waals surface area contributed by atoms with Crippen molar-refractivity contribution in [1.82, 2.24) is 4.90 Å². The Kier molecular flexibility index (Phi) is 4.05. The standard InChI is InChI=1S/C9H15NO5/c1-15-5-7(4-11)10-3-6(9(13)14)2-8(10)12/h6-7,11H,2-5H2,1H3,(H,13,14). The van der Waals surface area contributed by atoms with E-state index in [0.29, 0.717) is 0 Å². The molecule has 2 unspecified atom stereocenters. The lowest BCUT2D eigenvalue weighted by molar-refractivity contribution is -0.141. The summed E-state index contributed by atoms with van der Waals surface area (Å²) < 4.78 is 4.85. The SMILES string of the molecule is COCC(CO)N1CC(C(=O)O)CC1=O. The van der Waals surface area contributed by atoms with Gasteiger partial charge in [-0.2, -0.15) is 0 Å². The number of hydrogen-bond acceptors (Lipinski definition) is 4. The average Bonchev–Trinajstić information content (AvgIpc) is 2.57. The van der Waals surface area contributed by atoms with E-state index < -0.39 is 17.9 Å². The number of aliphatic carboxylic acids is 1. The molecule has 1 amide bonds. The molecular formula is C9H15NO5. The first-order valence-corrected chi connectivity index (χ1v) is 4.72. The largest absolute Gasteiger partial charge is 0.481 e. The molecule has 0 bridgehead atoms. The molecule has 1 aliphatic heterocycles. The average molecular weight is 217 g/mol. The van der Waals surface area contributed by atoms with Crippen molar-refractivity contribution >= 4 is 11.9 Å². The first kappa shape index (κ1) is 11.9. The number of aliphatic hydroxyl groups excluding tert-OH is 1. The van der Waals surface area contributed by atoms with Gasteiger partial charge in [0.05, 0.1) is 25.2 Å². The molecule has 1 rings (SSSR count). The summed E-state index contributed by atoms with van der Waals surface area (Å²) in [7, 11) is 1.47. The van der Waals surface area contributed by atoms with E-state index in [1.165, 1.54) is 12.0 Å². The van der Waals surface area contributed by atoms with Gasteiger partial charge in [-0.15, -0.1) is 0 Å². The summed E-state index contributed by atoms with van der Waals surface area (Å²) in [6.45, 7) is 0.156. The zero-order valence-electron chi connectivity index (χ0n) is 8.55. The second-order valence-electron chi connectivity index (χ2n) is 3.58. The number of methoxy groups -OCH3 is 1. The Morgan fingerprint density at radius 1 is 1.73 bits per heavy atom. The lowest BCUT2D eigenvalue weighted by atomic mass is 10.1. The Hall–Kier alpha value is -1.14. The van der Waals surface area contributed by atoms with Gasteiger partial charge in [0.1, 0.15) is 0 Å². The van der Waals surface area contributed by atoms with E-state index in [-0.39, 0.29) is 32.1 Å². The van der Waals surface area contributed by atoms with Crippen LogP contribution in [-0.2, 0) is 14.3 Å². The molecule has 0 radical (unpaired) electrons. The molecule has 6 heteroatoms. The third-order valence-corrected chi connectivity index (χ3v) is 2.52. The number of aliphatic hydroxyl groups is 1. The van der Waals surface area contributed by atoms with Crippen LogP contribution in [0.15, 0.2) is 0 Å². The summed E-state index contributed by atoms with van der Waals surface area (Å²) >= 11 is 0. The van der Waals surface area contributed by atoms with Crippen molar-refractivity contribution in [3.63, 3.8) is 0 Å². The van der Waals surface area contributed by atoms with Gasteiger partial charge in [-0.05, 0) is 0 Å². The summed E-state index contributed by atoms with van der Waals surface area (Å²) in [6, 6.07) is -0.438. The number of rotatable bonds is 5. The van der Waals surface area contributed by atoms with E-state index in [0.717, 1.165) is 0 Å². The van der Waals surface area contributed by atoms with Crippen LogP contribution < -0.4 is 0 Å². The second-order valence-corrected chi connectivity index (χ2v) is 3.58. The highest BCUT2D eigenvalue weighted by Gasteiger charge is 2.37. The molecule has 0 aromatic carbocycles. The molecule has 1 heterocycles. The van der Waals surface area contributed by atoms with Crippen molar-refractivity contribution in [2.45, 2.75) is 12.5 Å². The molecule has 0 aliphatic carbocycles. The summed E-state index contributed by atoms with van der Waals surface area (Å²) in [5, 5.41) is 17.8. The molecule has 0 saturated carbocycles. The molecule has 1 saturated heterocycles. The van der Waals surface area contributed by atoms with Crippen molar-refractivity contribution in [1.29, 1.82) is 0 Å². The van der Waals surface area contributed by atoms with E-state index in [4.69, 9.17) is 14.9 Å². The number of amides is 1. The van der Waals surface area contributed by atoms with Gasteiger partial charge in [0, 0.05) is 20.1 Å². The van der Waals surface area contributed by atoms with E-state index in [9.17, 15) is 9.59 Å². The maximum Gasteiger partial charge on any atom is 0.308 e. The highest BCUT2D eigenvalue weighted by Crippen LogP contribution is 2.20.